The molecule has 3 nitrogen and oxygen atoms in total. The molecule has 0 radical (unpaired) electrons. The Labute approximate surface area is 119 Å². The highest BCUT2D eigenvalue weighted by molar-refractivity contribution is 4.99. The zero-order valence-electron chi connectivity index (χ0n) is 13.2. The number of likely N-dealkylation sites (tertiary alicyclic amines) is 1. The Balaban J connectivity index is 0.000000861. The van der Waals surface area contributed by atoms with Crippen LogP contribution in [0.2, 0.25) is 0 Å². The van der Waals surface area contributed by atoms with Crippen molar-refractivity contribution in [2.75, 3.05) is 19.6 Å². The smallest absolute Gasteiger partial charge is 0.0518 e. The van der Waals surface area contributed by atoms with Crippen LogP contribution in [0.4, 0.5) is 0 Å². The third-order valence-electron chi connectivity index (χ3n) is 3.74. The van der Waals surface area contributed by atoms with Gasteiger partial charge in [-0.3, -0.25) is 4.68 Å². The van der Waals surface area contributed by atoms with Crippen LogP contribution in [0.25, 0.3) is 0 Å². The van der Waals surface area contributed by atoms with Crippen molar-refractivity contribution < 1.29 is 0 Å². The number of hydrogen-bond donors (Lipinski definition) is 0. The van der Waals surface area contributed by atoms with Crippen molar-refractivity contribution in [2.45, 2.75) is 59.9 Å². The second kappa shape index (κ2) is 9.13. The van der Waals surface area contributed by atoms with E-state index in [0.717, 1.165) is 12.5 Å². The Bertz CT molecular complexity index is 324. The summed E-state index contributed by atoms with van der Waals surface area (Å²) < 4.78 is 2.11. The van der Waals surface area contributed by atoms with Crippen LogP contribution < -0.4 is 0 Å². The van der Waals surface area contributed by atoms with Gasteiger partial charge in [0.15, 0.2) is 0 Å². The van der Waals surface area contributed by atoms with Crippen LogP contribution in [0.15, 0.2) is 12.4 Å². The third-order valence-corrected chi connectivity index (χ3v) is 3.74. The molecule has 3 heteroatoms. The fraction of sp³-hybridized carbons (Fsp3) is 0.812. The Morgan fingerprint density at radius 3 is 2.47 bits per heavy atom. The lowest BCUT2D eigenvalue weighted by molar-refractivity contribution is 0.169. The molecule has 0 saturated carbocycles. The van der Waals surface area contributed by atoms with E-state index in [0.29, 0.717) is 0 Å². The maximum Gasteiger partial charge on any atom is 0.0518 e. The van der Waals surface area contributed by atoms with Crippen molar-refractivity contribution in [3.8, 4) is 0 Å². The first-order chi connectivity index (χ1) is 9.28. The molecule has 0 aliphatic carbocycles. The second-order valence-corrected chi connectivity index (χ2v) is 5.38. The molecule has 0 unspecified atom stereocenters. The van der Waals surface area contributed by atoms with E-state index in [1.54, 1.807) is 0 Å². The summed E-state index contributed by atoms with van der Waals surface area (Å²) in [6.45, 7) is 13.3. The van der Waals surface area contributed by atoms with Crippen LogP contribution in [0.5, 0.6) is 0 Å². The van der Waals surface area contributed by atoms with Gasteiger partial charge in [-0.05, 0) is 57.3 Å². The first-order valence-corrected chi connectivity index (χ1v) is 7.99. The molecule has 0 amide bonds. The van der Waals surface area contributed by atoms with Gasteiger partial charge in [-0.2, -0.15) is 5.10 Å². The summed E-state index contributed by atoms with van der Waals surface area (Å²) in [5.74, 6) is 0.826. The average Bonchev–Trinajstić information content (AvgIpc) is 2.86. The number of piperidine rings is 1. The summed E-state index contributed by atoms with van der Waals surface area (Å²) >= 11 is 0. The summed E-state index contributed by atoms with van der Waals surface area (Å²) in [6, 6.07) is 0. The van der Waals surface area contributed by atoms with Gasteiger partial charge in [0.25, 0.3) is 0 Å². The van der Waals surface area contributed by atoms with Gasteiger partial charge in [-0.25, -0.2) is 0 Å². The van der Waals surface area contributed by atoms with E-state index in [4.69, 9.17) is 0 Å². The molecule has 0 N–H and O–H groups in total. The predicted molar refractivity (Wildman–Crippen MR) is 82.4 cm³/mol. The third kappa shape index (κ3) is 5.77. The second-order valence-electron chi connectivity index (χ2n) is 5.38. The summed E-state index contributed by atoms with van der Waals surface area (Å²) in [5, 5.41) is 4.38. The van der Waals surface area contributed by atoms with Crippen LogP contribution in [0.1, 0.15) is 52.0 Å². The van der Waals surface area contributed by atoms with Gasteiger partial charge in [0.05, 0.1) is 6.20 Å². The molecule has 0 spiro atoms. The largest absolute Gasteiger partial charge is 0.303 e. The Morgan fingerprint density at radius 2 is 1.95 bits per heavy atom. The molecular weight excluding hydrogens is 234 g/mol. The first kappa shape index (κ1) is 16.2. The molecule has 2 rings (SSSR count). The molecular formula is C16H31N3. The number of aryl methyl sites for hydroxylation is 1. The Kier molecular flexibility index (Phi) is 7.80. The molecule has 1 aliphatic rings. The maximum atomic E-state index is 4.38. The molecule has 110 valence electrons. The van der Waals surface area contributed by atoms with Gasteiger partial charge in [0.2, 0.25) is 0 Å². The van der Waals surface area contributed by atoms with E-state index in [-0.39, 0.29) is 0 Å². The molecule has 0 aromatic carbocycles. The van der Waals surface area contributed by atoms with Crippen LogP contribution in [-0.4, -0.2) is 34.3 Å². The zero-order valence-corrected chi connectivity index (χ0v) is 13.2. The van der Waals surface area contributed by atoms with Crippen molar-refractivity contribution in [3.63, 3.8) is 0 Å². The van der Waals surface area contributed by atoms with E-state index in [1.165, 1.54) is 50.9 Å². The lowest BCUT2D eigenvalue weighted by Gasteiger charge is -2.31. The lowest BCUT2D eigenvalue weighted by atomic mass is 9.96. The van der Waals surface area contributed by atoms with Crippen molar-refractivity contribution in [1.29, 1.82) is 0 Å². The standard InChI is InChI=1S/C14H25N3.C2H6/c1-3-4-7-16-8-5-14(6-9-16)12-17-11-13(2)10-15-17;1-2/h10-11,14H,3-9,12H2,1-2H3;1-2H3. The van der Waals surface area contributed by atoms with Crippen LogP contribution in [0, 0.1) is 12.8 Å². The Hall–Kier alpha value is -0.830. The van der Waals surface area contributed by atoms with Crippen molar-refractivity contribution in [3.05, 3.63) is 18.0 Å². The fourth-order valence-electron chi connectivity index (χ4n) is 2.61. The van der Waals surface area contributed by atoms with E-state index in [1.807, 2.05) is 20.0 Å². The summed E-state index contributed by atoms with van der Waals surface area (Å²) in [4.78, 5) is 2.62. The highest BCUT2D eigenvalue weighted by Gasteiger charge is 2.19. The van der Waals surface area contributed by atoms with Crippen molar-refractivity contribution in [2.24, 2.45) is 5.92 Å². The normalized spacial score (nSPS) is 17.1. The average molecular weight is 265 g/mol. The first-order valence-electron chi connectivity index (χ1n) is 7.99. The number of unbranched alkanes of at least 4 members (excludes halogenated alkanes) is 1. The van der Waals surface area contributed by atoms with E-state index in [9.17, 15) is 0 Å². The molecule has 1 saturated heterocycles. The molecule has 0 atom stereocenters. The monoisotopic (exact) mass is 265 g/mol. The van der Waals surface area contributed by atoms with Crippen molar-refractivity contribution >= 4 is 0 Å². The van der Waals surface area contributed by atoms with E-state index in [2.05, 4.69) is 34.7 Å². The van der Waals surface area contributed by atoms with E-state index >= 15 is 0 Å². The van der Waals surface area contributed by atoms with Crippen molar-refractivity contribution in [1.82, 2.24) is 14.7 Å². The van der Waals surface area contributed by atoms with Gasteiger partial charge in [0, 0.05) is 12.7 Å². The van der Waals surface area contributed by atoms with Crippen LogP contribution in [0.3, 0.4) is 0 Å². The quantitative estimate of drug-likeness (QED) is 0.809. The van der Waals surface area contributed by atoms with Gasteiger partial charge >= 0.3 is 0 Å². The van der Waals surface area contributed by atoms with E-state index < -0.39 is 0 Å². The number of nitrogens with zero attached hydrogens (tertiary/aromatic N) is 3. The topological polar surface area (TPSA) is 21.1 Å². The predicted octanol–water partition coefficient (Wildman–Crippen LogP) is 3.73. The number of aromatic nitrogens is 2. The molecule has 1 aromatic rings. The van der Waals surface area contributed by atoms with Gasteiger partial charge in [-0.15, -0.1) is 0 Å². The minimum Gasteiger partial charge on any atom is -0.303 e. The summed E-state index contributed by atoms with van der Waals surface area (Å²) in [6.07, 6.45) is 9.45. The molecule has 2 heterocycles. The highest BCUT2D eigenvalue weighted by Crippen LogP contribution is 2.19. The van der Waals surface area contributed by atoms with Gasteiger partial charge in [-0.1, -0.05) is 27.2 Å². The maximum absolute atomic E-state index is 4.38. The van der Waals surface area contributed by atoms with Crippen LogP contribution in [-0.2, 0) is 6.54 Å². The molecule has 0 bridgehead atoms. The SMILES string of the molecule is CC.CCCCN1CCC(Cn2cc(C)cn2)CC1. The summed E-state index contributed by atoms with van der Waals surface area (Å²) in [7, 11) is 0. The minimum atomic E-state index is 0.826. The minimum absolute atomic E-state index is 0.826. The number of hydrogen-bond acceptors (Lipinski definition) is 2. The molecule has 19 heavy (non-hydrogen) atoms. The Morgan fingerprint density at radius 1 is 1.26 bits per heavy atom. The fourth-order valence-corrected chi connectivity index (χ4v) is 2.61. The highest BCUT2D eigenvalue weighted by atomic mass is 15.3. The lowest BCUT2D eigenvalue weighted by Crippen LogP contribution is -2.35. The summed E-state index contributed by atoms with van der Waals surface area (Å²) in [5.41, 5.74) is 1.27. The molecule has 1 aliphatic heterocycles. The molecule has 1 aromatic heterocycles. The van der Waals surface area contributed by atoms with Crippen LogP contribution >= 0.6 is 0 Å². The van der Waals surface area contributed by atoms with Gasteiger partial charge in [0.1, 0.15) is 0 Å². The zero-order chi connectivity index (χ0) is 14.1. The molecule has 1 fully saturated rings. The van der Waals surface area contributed by atoms with Gasteiger partial charge < -0.3 is 4.90 Å². The number of rotatable bonds is 5.